The Morgan fingerprint density at radius 2 is 1.73 bits per heavy atom. The largest absolute Gasteiger partial charge is 0.322 e. The molecule has 1 atom stereocenters. The predicted octanol–water partition coefficient (Wildman–Crippen LogP) is 3.57. The molecule has 3 nitrogen and oxygen atoms in total. The Labute approximate surface area is 95.4 Å². The third kappa shape index (κ3) is 5.62. The van der Waals surface area contributed by atoms with Crippen molar-refractivity contribution < 1.29 is 9.05 Å². The second-order valence-corrected chi connectivity index (χ2v) is 5.26. The molecule has 0 saturated heterocycles. The molecular formula is C11H24NO2P. The molecule has 0 fully saturated rings. The van der Waals surface area contributed by atoms with Gasteiger partial charge in [0.15, 0.2) is 0 Å². The second-order valence-electron chi connectivity index (χ2n) is 3.81. The first-order valence-corrected chi connectivity index (χ1v) is 6.62. The summed E-state index contributed by atoms with van der Waals surface area (Å²) in [6.45, 7) is 15.5. The third-order valence-corrected chi connectivity index (χ3v) is 3.94. The summed E-state index contributed by atoms with van der Waals surface area (Å²) in [5, 5.41) is 0. The second kappa shape index (κ2) is 8.23. The van der Waals surface area contributed by atoms with Gasteiger partial charge in [0.2, 0.25) is 0 Å². The van der Waals surface area contributed by atoms with E-state index in [0.717, 1.165) is 0 Å². The van der Waals surface area contributed by atoms with Crippen molar-refractivity contribution in [2.24, 2.45) is 0 Å². The summed E-state index contributed by atoms with van der Waals surface area (Å²) in [6, 6.07) is 0.847. The van der Waals surface area contributed by atoms with E-state index in [4.69, 9.17) is 9.05 Å². The van der Waals surface area contributed by atoms with E-state index < -0.39 is 8.53 Å². The monoisotopic (exact) mass is 233 g/mol. The summed E-state index contributed by atoms with van der Waals surface area (Å²) in [7, 11) is -0.947. The minimum absolute atomic E-state index is 0.424. The van der Waals surface area contributed by atoms with Crippen molar-refractivity contribution in [1.29, 1.82) is 0 Å². The topological polar surface area (TPSA) is 21.7 Å². The van der Waals surface area contributed by atoms with E-state index in [-0.39, 0.29) is 0 Å². The molecular weight excluding hydrogens is 209 g/mol. The Kier molecular flexibility index (Phi) is 8.26. The fourth-order valence-electron chi connectivity index (χ4n) is 1.37. The summed E-state index contributed by atoms with van der Waals surface area (Å²) >= 11 is 0. The van der Waals surface area contributed by atoms with E-state index in [1.165, 1.54) is 0 Å². The van der Waals surface area contributed by atoms with E-state index in [1.54, 1.807) is 6.08 Å². The standard InChI is InChI=1S/C11H24NO2P/c1-7-9-14-15(13-8-2)12(10(3)4)11(5)6/h7,10-11H,1,8-9H2,2-6H3. The van der Waals surface area contributed by atoms with E-state index in [9.17, 15) is 0 Å². The van der Waals surface area contributed by atoms with Crippen LogP contribution >= 0.6 is 8.53 Å². The summed E-state index contributed by atoms with van der Waals surface area (Å²) in [5.74, 6) is 0. The van der Waals surface area contributed by atoms with Gasteiger partial charge in [0.05, 0.1) is 13.2 Å². The van der Waals surface area contributed by atoms with Gasteiger partial charge in [-0.3, -0.25) is 0 Å². The zero-order chi connectivity index (χ0) is 11.8. The fraction of sp³-hybridized carbons (Fsp3) is 0.818. The van der Waals surface area contributed by atoms with Crippen molar-refractivity contribution >= 4 is 8.53 Å². The van der Waals surface area contributed by atoms with Crippen LogP contribution in [0.1, 0.15) is 34.6 Å². The normalized spacial score (nSPS) is 13.9. The van der Waals surface area contributed by atoms with Gasteiger partial charge in [-0.25, -0.2) is 4.67 Å². The minimum atomic E-state index is -0.947. The van der Waals surface area contributed by atoms with Crippen molar-refractivity contribution in [3.05, 3.63) is 12.7 Å². The summed E-state index contributed by atoms with van der Waals surface area (Å²) < 4.78 is 13.6. The number of rotatable bonds is 8. The van der Waals surface area contributed by atoms with Gasteiger partial charge in [0.25, 0.3) is 8.53 Å². The molecule has 0 aliphatic heterocycles. The Hall–Kier alpha value is 0.0500. The van der Waals surface area contributed by atoms with Crippen LogP contribution in [0.2, 0.25) is 0 Å². The molecule has 0 aromatic carbocycles. The fourth-order valence-corrected chi connectivity index (χ4v) is 2.92. The quantitative estimate of drug-likeness (QED) is 0.472. The first-order chi connectivity index (χ1) is 7.04. The van der Waals surface area contributed by atoms with E-state index >= 15 is 0 Å². The lowest BCUT2D eigenvalue weighted by Gasteiger charge is -2.35. The van der Waals surface area contributed by atoms with Crippen molar-refractivity contribution in [1.82, 2.24) is 4.67 Å². The predicted molar refractivity (Wildman–Crippen MR) is 66.8 cm³/mol. The van der Waals surface area contributed by atoms with E-state index in [1.807, 2.05) is 6.92 Å². The average Bonchev–Trinajstić information content (AvgIpc) is 2.13. The van der Waals surface area contributed by atoms with Crippen molar-refractivity contribution in [3.63, 3.8) is 0 Å². The third-order valence-electron chi connectivity index (χ3n) is 1.79. The summed E-state index contributed by atoms with van der Waals surface area (Å²) in [4.78, 5) is 0. The van der Waals surface area contributed by atoms with Crippen molar-refractivity contribution in [3.8, 4) is 0 Å². The highest BCUT2D eigenvalue weighted by Gasteiger charge is 2.26. The molecule has 1 unspecified atom stereocenters. The van der Waals surface area contributed by atoms with Gasteiger partial charge in [-0.05, 0) is 34.6 Å². The van der Waals surface area contributed by atoms with Gasteiger partial charge in [0, 0.05) is 12.1 Å². The van der Waals surface area contributed by atoms with E-state index in [0.29, 0.717) is 25.3 Å². The molecule has 0 radical (unpaired) electrons. The maximum atomic E-state index is 5.67. The average molecular weight is 233 g/mol. The van der Waals surface area contributed by atoms with Crippen molar-refractivity contribution in [2.45, 2.75) is 46.7 Å². The Morgan fingerprint density at radius 3 is 2.07 bits per heavy atom. The van der Waals surface area contributed by atoms with Gasteiger partial charge >= 0.3 is 0 Å². The van der Waals surface area contributed by atoms with Crippen LogP contribution in [-0.2, 0) is 9.05 Å². The molecule has 0 amide bonds. The van der Waals surface area contributed by atoms with Gasteiger partial charge in [-0.1, -0.05) is 6.08 Å². The molecule has 0 heterocycles. The van der Waals surface area contributed by atoms with Gasteiger partial charge in [-0.2, -0.15) is 0 Å². The summed E-state index contributed by atoms with van der Waals surface area (Å²) in [6.07, 6.45) is 1.76. The molecule has 0 spiro atoms. The van der Waals surface area contributed by atoms with Crippen LogP contribution in [0.3, 0.4) is 0 Å². The molecule has 0 rings (SSSR count). The Morgan fingerprint density at radius 1 is 1.20 bits per heavy atom. The zero-order valence-electron chi connectivity index (χ0n) is 10.6. The minimum Gasteiger partial charge on any atom is -0.322 e. The molecule has 4 heteroatoms. The number of hydrogen-bond acceptors (Lipinski definition) is 3. The van der Waals surface area contributed by atoms with Gasteiger partial charge < -0.3 is 9.05 Å². The first kappa shape index (κ1) is 15.0. The lowest BCUT2D eigenvalue weighted by Crippen LogP contribution is -2.33. The molecule has 0 aromatic heterocycles. The van der Waals surface area contributed by atoms with Crippen LogP contribution < -0.4 is 0 Å². The lowest BCUT2D eigenvalue weighted by atomic mass is 10.3. The van der Waals surface area contributed by atoms with Crippen LogP contribution in [0.15, 0.2) is 12.7 Å². The molecule has 0 aliphatic rings. The van der Waals surface area contributed by atoms with Crippen LogP contribution in [0, 0.1) is 0 Å². The first-order valence-electron chi connectivity index (χ1n) is 5.49. The molecule has 90 valence electrons. The number of nitrogens with zero attached hydrogens (tertiary/aromatic N) is 1. The maximum absolute atomic E-state index is 5.67. The molecule has 0 bridgehead atoms. The van der Waals surface area contributed by atoms with Gasteiger partial charge in [-0.15, -0.1) is 6.58 Å². The molecule has 15 heavy (non-hydrogen) atoms. The van der Waals surface area contributed by atoms with Crippen LogP contribution in [-0.4, -0.2) is 30.0 Å². The molecule has 0 saturated carbocycles. The molecule has 0 aromatic rings. The highest BCUT2D eigenvalue weighted by molar-refractivity contribution is 7.44. The Bertz CT molecular complexity index is 166. The van der Waals surface area contributed by atoms with Gasteiger partial charge in [0.1, 0.15) is 0 Å². The molecule has 0 aliphatic carbocycles. The summed E-state index contributed by atoms with van der Waals surface area (Å²) in [5.41, 5.74) is 0. The maximum Gasteiger partial charge on any atom is 0.259 e. The van der Waals surface area contributed by atoms with Crippen molar-refractivity contribution in [2.75, 3.05) is 13.2 Å². The highest BCUT2D eigenvalue weighted by atomic mass is 31.2. The zero-order valence-corrected chi connectivity index (χ0v) is 11.5. The van der Waals surface area contributed by atoms with E-state index in [2.05, 4.69) is 38.9 Å². The Balaban J connectivity index is 4.43. The lowest BCUT2D eigenvalue weighted by molar-refractivity contribution is 0.190. The van der Waals surface area contributed by atoms with Crippen LogP contribution in [0.4, 0.5) is 0 Å². The van der Waals surface area contributed by atoms with Crippen LogP contribution in [0.5, 0.6) is 0 Å². The highest BCUT2D eigenvalue weighted by Crippen LogP contribution is 2.45. The number of hydrogen-bond donors (Lipinski definition) is 0. The SMILES string of the molecule is C=CCOP(OCC)N(C(C)C)C(C)C. The van der Waals surface area contributed by atoms with Crippen LogP contribution in [0.25, 0.3) is 0 Å². The molecule has 0 N–H and O–H groups in total. The smallest absolute Gasteiger partial charge is 0.259 e.